The van der Waals surface area contributed by atoms with Crippen LogP contribution in [0.25, 0.3) is 0 Å². The number of hydrogen-bond acceptors (Lipinski definition) is 4. The number of anilines is 1. The average Bonchev–Trinajstić information content (AvgIpc) is 3.08. The number of benzene rings is 1. The molecule has 1 aromatic carbocycles. The van der Waals surface area contributed by atoms with Gasteiger partial charge in [-0.3, -0.25) is 9.59 Å². The fraction of sp³-hybridized carbons (Fsp3) is 0.333. The Bertz CT molecular complexity index is 680. The first-order chi connectivity index (χ1) is 11.5. The highest BCUT2D eigenvalue weighted by molar-refractivity contribution is 6.00. The molecule has 2 aromatic rings. The molecule has 0 bridgehead atoms. The highest BCUT2D eigenvalue weighted by Crippen LogP contribution is 2.24. The maximum absolute atomic E-state index is 12.6. The molecule has 2 amide bonds. The zero-order valence-electron chi connectivity index (χ0n) is 14.0. The Balaban J connectivity index is 2.11. The van der Waals surface area contributed by atoms with Gasteiger partial charge in [0, 0.05) is 0 Å². The minimum absolute atomic E-state index is 0.0943. The van der Waals surface area contributed by atoms with Crippen LogP contribution in [0.15, 0.2) is 47.1 Å². The van der Waals surface area contributed by atoms with Crippen LogP contribution in [0.1, 0.15) is 31.3 Å². The lowest BCUT2D eigenvalue weighted by atomic mass is 10.0. The van der Waals surface area contributed by atoms with E-state index in [2.05, 4.69) is 10.6 Å². The molecule has 1 aromatic heterocycles. The monoisotopic (exact) mass is 330 g/mol. The lowest BCUT2D eigenvalue weighted by molar-refractivity contribution is -0.118. The van der Waals surface area contributed by atoms with Crippen LogP contribution in [0, 0.1) is 5.92 Å². The molecule has 0 saturated carbocycles. The molecule has 0 saturated heterocycles. The van der Waals surface area contributed by atoms with Crippen LogP contribution in [0.4, 0.5) is 5.69 Å². The van der Waals surface area contributed by atoms with Crippen LogP contribution >= 0.6 is 0 Å². The van der Waals surface area contributed by atoms with Crippen LogP contribution in [0.5, 0.6) is 5.75 Å². The van der Waals surface area contributed by atoms with Crippen molar-refractivity contribution in [2.45, 2.75) is 26.8 Å². The Morgan fingerprint density at radius 1 is 1.17 bits per heavy atom. The van der Waals surface area contributed by atoms with Crippen molar-refractivity contribution >= 4 is 17.5 Å². The van der Waals surface area contributed by atoms with Crippen LogP contribution < -0.4 is 15.4 Å². The van der Waals surface area contributed by atoms with Gasteiger partial charge >= 0.3 is 0 Å². The van der Waals surface area contributed by atoms with Gasteiger partial charge in [-0.1, -0.05) is 26.0 Å². The van der Waals surface area contributed by atoms with E-state index in [1.807, 2.05) is 32.9 Å². The second-order valence-electron chi connectivity index (χ2n) is 5.59. The second-order valence-corrected chi connectivity index (χ2v) is 5.59. The van der Waals surface area contributed by atoms with Gasteiger partial charge in [0.2, 0.25) is 5.91 Å². The molecule has 0 fully saturated rings. The number of hydrogen-bond donors (Lipinski definition) is 2. The summed E-state index contributed by atoms with van der Waals surface area (Å²) in [5.74, 6) is -0.0662. The average molecular weight is 330 g/mol. The molecule has 6 heteroatoms. The molecule has 0 radical (unpaired) electrons. The summed E-state index contributed by atoms with van der Waals surface area (Å²) in [7, 11) is 0. The van der Waals surface area contributed by atoms with E-state index in [1.165, 1.54) is 6.26 Å². The molecule has 0 aliphatic heterocycles. The standard InChI is InChI=1S/C18H22N2O4/c1-4-23-14-9-6-5-8-13(14)19-18(22)16(12(2)3)20-17(21)15-10-7-11-24-15/h5-12,16H,4H2,1-3H3,(H,19,22)(H,20,21)/t16-/m0/s1. The van der Waals surface area contributed by atoms with Crippen molar-refractivity contribution in [2.24, 2.45) is 5.92 Å². The molecule has 2 rings (SSSR count). The van der Waals surface area contributed by atoms with Crippen molar-refractivity contribution in [3.05, 3.63) is 48.4 Å². The summed E-state index contributed by atoms with van der Waals surface area (Å²) < 4.78 is 10.6. The van der Waals surface area contributed by atoms with Gasteiger partial charge in [0.05, 0.1) is 18.6 Å². The second kappa shape index (κ2) is 8.19. The van der Waals surface area contributed by atoms with Gasteiger partial charge in [-0.05, 0) is 37.1 Å². The van der Waals surface area contributed by atoms with Gasteiger partial charge < -0.3 is 19.8 Å². The summed E-state index contributed by atoms with van der Waals surface area (Å²) in [6.45, 7) is 6.09. The number of furan rings is 1. The number of ether oxygens (including phenoxy) is 1. The van der Waals surface area contributed by atoms with E-state index in [9.17, 15) is 9.59 Å². The van der Waals surface area contributed by atoms with E-state index in [1.54, 1.807) is 24.3 Å². The van der Waals surface area contributed by atoms with E-state index in [4.69, 9.17) is 9.15 Å². The zero-order valence-corrected chi connectivity index (χ0v) is 14.0. The van der Waals surface area contributed by atoms with Gasteiger partial charge in [0.15, 0.2) is 5.76 Å². The summed E-state index contributed by atoms with van der Waals surface area (Å²) >= 11 is 0. The first-order valence-electron chi connectivity index (χ1n) is 7.90. The third-order valence-corrected chi connectivity index (χ3v) is 3.43. The SMILES string of the molecule is CCOc1ccccc1NC(=O)[C@@H](NC(=O)c1ccco1)C(C)C. The molecular weight excluding hydrogens is 308 g/mol. The van der Waals surface area contributed by atoms with Gasteiger partial charge in [0.25, 0.3) is 5.91 Å². The maximum Gasteiger partial charge on any atom is 0.287 e. The van der Waals surface area contributed by atoms with Crippen molar-refractivity contribution in [2.75, 3.05) is 11.9 Å². The molecule has 24 heavy (non-hydrogen) atoms. The highest BCUT2D eigenvalue weighted by atomic mass is 16.5. The number of rotatable bonds is 7. The molecule has 1 atom stereocenters. The van der Waals surface area contributed by atoms with E-state index in [0.29, 0.717) is 18.0 Å². The zero-order chi connectivity index (χ0) is 17.5. The number of carbonyl (C=O) groups excluding carboxylic acids is 2. The van der Waals surface area contributed by atoms with Crippen LogP contribution in [-0.2, 0) is 4.79 Å². The number of amides is 2. The first kappa shape index (κ1) is 17.6. The Labute approximate surface area is 141 Å². The quantitative estimate of drug-likeness (QED) is 0.817. The summed E-state index contributed by atoms with van der Waals surface area (Å²) in [5, 5.41) is 5.52. The van der Waals surface area contributed by atoms with E-state index >= 15 is 0 Å². The van der Waals surface area contributed by atoms with Crippen molar-refractivity contribution < 1.29 is 18.7 Å². The minimum atomic E-state index is -0.697. The molecule has 0 unspecified atom stereocenters. The summed E-state index contributed by atoms with van der Waals surface area (Å²) in [5.41, 5.74) is 0.572. The molecule has 0 aliphatic rings. The number of para-hydroxylation sites is 2. The predicted octanol–water partition coefficient (Wildman–Crippen LogP) is 3.07. The smallest absolute Gasteiger partial charge is 0.287 e. The van der Waals surface area contributed by atoms with Crippen LogP contribution in [0.3, 0.4) is 0 Å². The molecule has 2 N–H and O–H groups in total. The number of nitrogens with one attached hydrogen (secondary N) is 2. The Morgan fingerprint density at radius 2 is 1.92 bits per heavy atom. The lowest BCUT2D eigenvalue weighted by Crippen LogP contribution is -2.47. The highest BCUT2D eigenvalue weighted by Gasteiger charge is 2.26. The van der Waals surface area contributed by atoms with E-state index in [0.717, 1.165) is 0 Å². The molecule has 1 heterocycles. The van der Waals surface area contributed by atoms with Crippen LogP contribution in [-0.4, -0.2) is 24.5 Å². The Morgan fingerprint density at radius 3 is 2.54 bits per heavy atom. The molecule has 128 valence electrons. The van der Waals surface area contributed by atoms with Crippen molar-refractivity contribution in [1.29, 1.82) is 0 Å². The fourth-order valence-electron chi connectivity index (χ4n) is 2.22. The molecular formula is C18H22N2O4. The van der Waals surface area contributed by atoms with Gasteiger partial charge in [-0.25, -0.2) is 0 Å². The fourth-order valence-corrected chi connectivity index (χ4v) is 2.22. The van der Waals surface area contributed by atoms with E-state index < -0.39 is 11.9 Å². The summed E-state index contributed by atoms with van der Waals surface area (Å²) in [4.78, 5) is 24.7. The third kappa shape index (κ3) is 4.38. The molecule has 0 aliphatic carbocycles. The third-order valence-electron chi connectivity index (χ3n) is 3.43. The largest absolute Gasteiger partial charge is 0.492 e. The van der Waals surface area contributed by atoms with Gasteiger partial charge in [-0.15, -0.1) is 0 Å². The normalized spacial score (nSPS) is 11.8. The topological polar surface area (TPSA) is 80.6 Å². The van der Waals surface area contributed by atoms with Crippen molar-refractivity contribution in [3.8, 4) is 5.75 Å². The maximum atomic E-state index is 12.6. The molecule has 6 nitrogen and oxygen atoms in total. The van der Waals surface area contributed by atoms with E-state index in [-0.39, 0.29) is 17.6 Å². The minimum Gasteiger partial charge on any atom is -0.492 e. The van der Waals surface area contributed by atoms with Gasteiger partial charge in [-0.2, -0.15) is 0 Å². The van der Waals surface area contributed by atoms with Gasteiger partial charge in [0.1, 0.15) is 11.8 Å². The lowest BCUT2D eigenvalue weighted by Gasteiger charge is -2.22. The first-order valence-corrected chi connectivity index (χ1v) is 7.90. The van der Waals surface area contributed by atoms with Crippen molar-refractivity contribution in [3.63, 3.8) is 0 Å². The number of carbonyl (C=O) groups is 2. The van der Waals surface area contributed by atoms with Crippen molar-refractivity contribution in [1.82, 2.24) is 5.32 Å². The predicted molar refractivity (Wildman–Crippen MR) is 91.0 cm³/mol. The summed E-state index contributed by atoms with van der Waals surface area (Å²) in [6.07, 6.45) is 1.41. The Hall–Kier alpha value is -2.76. The molecule has 0 spiro atoms. The Kier molecular flexibility index (Phi) is 6.01. The summed E-state index contributed by atoms with van der Waals surface area (Å²) in [6, 6.07) is 9.66. The van der Waals surface area contributed by atoms with Crippen LogP contribution in [0.2, 0.25) is 0 Å².